The predicted octanol–water partition coefficient (Wildman–Crippen LogP) is 1.30. The first-order chi connectivity index (χ1) is 8.20. The summed E-state index contributed by atoms with van der Waals surface area (Å²) < 4.78 is 4.62. The number of aliphatic imine (C=N–C) groups is 1. The molecule has 1 N–H and O–H groups in total. The summed E-state index contributed by atoms with van der Waals surface area (Å²) >= 11 is 0. The third-order valence-electron chi connectivity index (χ3n) is 2.57. The molecule has 0 spiro atoms. The van der Waals surface area contributed by atoms with Gasteiger partial charge in [0.05, 0.1) is 19.2 Å². The number of nitrogens with zero attached hydrogens (tertiary/aromatic N) is 1. The Morgan fingerprint density at radius 3 is 2.71 bits per heavy atom. The zero-order chi connectivity index (χ0) is 12.3. The largest absolute Gasteiger partial charge is 0.465 e. The number of benzene rings is 1. The third kappa shape index (κ3) is 2.60. The zero-order valence-corrected chi connectivity index (χ0v) is 9.46. The summed E-state index contributed by atoms with van der Waals surface area (Å²) in [6, 6.07) is 7.05. The van der Waals surface area contributed by atoms with Gasteiger partial charge in [0, 0.05) is 6.21 Å². The molecule has 0 saturated carbocycles. The lowest BCUT2D eigenvalue weighted by molar-refractivity contribution is 0.0600. The highest BCUT2D eigenvalue weighted by Crippen LogP contribution is 2.18. The van der Waals surface area contributed by atoms with Crippen LogP contribution < -0.4 is 0 Å². The minimum atomic E-state index is -0.626. The topological polar surface area (TPSA) is 58.9 Å². The van der Waals surface area contributed by atoms with E-state index in [0.717, 1.165) is 11.1 Å². The summed E-state index contributed by atoms with van der Waals surface area (Å²) in [7, 11) is 1.35. The monoisotopic (exact) mass is 231 g/mol. The van der Waals surface area contributed by atoms with Crippen LogP contribution in [-0.4, -0.2) is 37.0 Å². The molecule has 0 aromatic heterocycles. The van der Waals surface area contributed by atoms with Crippen molar-refractivity contribution in [3.8, 4) is 0 Å². The molecule has 2 rings (SSSR count). The fourth-order valence-electron chi connectivity index (χ4n) is 1.69. The summed E-state index contributed by atoms with van der Waals surface area (Å²) in [4.78, 5) is 15.3. The van der Waals surface area contributed by atoms with Gasteiger partial charge >= 0.3 is 5.97 Å². The maximum absolute atomic E-state index is 11.3. The maximum atomic E-state index is 11.3. The highest BCUT2D eigenvalue weighted by Gasteiger charge is 2.10. The van der Waals surface area contributed by atoms with Crippen molar-refractivity contribution in [2.24, 2.45) is 4.99 Å². The molecule has 1 aromatic carbocycles. The van der Waals surface area contributed by atoms with Crippen molar-refractivity contribution in [1.82, 2.24) is 0 Å². The van der Waals surface area contributed by atoms with Gasteiger partial charge in [0.2, 0.25) is 0 Å². The van der Waals surface area contributed by atoms with Crippen LogP contribution in [0.4, 0.5) is 0 Å². The minimum absolute atomic E-state index is 0.354. The molecule has 88 valence electrons. The predicted molar refractivity (Wildman–Crippen MR) is 65.1 cm³/mol. The molecular formula is C13H13NO3. The smallest absolute Gasteiger partial charge is 0.337 e. The van der Waals surface area contributed by atoms with Crippen molar-refractivity contribution in [2.45, 2.75) is 6.10 Å². The lowest BCUT2D eigenvalue weighted by atomic mass is 10.0. The van der Waals surface area contributed by atoms with Crippen molar-refractivity contribution in [1.29, 1.82) is 0 Å². The second-order valence-corrected chi connectivity index (χ2v) is 3.74. The Balaban J connectivity index is 2.21. The van der Waals surface area contributed by atoms with Gasteiger partial charge in [-0.2, -0.15) is 0 Å². The number of esters is 1. The molecule has 0 fully saturated rings. The highest BCUT2D eigenvalue weighted by atomic mass is 16.5. The maximum Gasteiger partial charge on any atom is 0.337 e. The van der Waals surface area contributed by atoms with Gasteiger partial charge in [-0.05, 0) is 29.3 Å². The van der Waals surface area contributed by atoms with E-state index in [9.17, 15) is 9.90 Å². The molecule has 1 heterocycles. The molecule has 0 bridgehead atoms. The van der Waals surface area contributed by atoms with E-state index in [4.69, 9.17) is 0 Å². The minimum Gasteiger partial charge on any atom is -0.465 e. The quantitative estimate of drug-likeness (QED) is 0.780. The van der Waals surface area contributed by atoms with Gasteiger partial charge in [0.15, 0.2) is 0 Å². The van der Waals surface area contributed by atoms with Crippen LogP contribution >= 0.6 is 0 Å². The van der Waals surface area contributed by atoms with Crippen molar-refractivity contribution in [3.05, 3.63) is 41.5 Å². The van der Waals surface area contributed by atoms with E-state index in [2.05, 4.69) is 9.73 Å². The van der Waals surface area contributed by atoms with E-state index < -0.39 is 6.10 Å². The van der Waals surface area contributed by atoms with E-state index in [1.54, 1.807) is 18.2 Å². The molecule has 1 atom stereocenters. The molecule has 1 unspecified atom stereocenters. The summed E-state index contributed by atoms with van der Waals surface area (Å²) in [5.41, 5.74) is 2.42. The fraction of sp³-hybridized carbons (Fsp3) is 0.231. The van der Waals surface area contributed by atoms with Gasteiger partial charge in [-0.25, -0.2) is 4.79 Å². The summed E-state index contributed by atoms with van der Waals surface area (Å²) in [5.74, 6) is -0.354. The number of carbonyl (C=O) groups is 1. The molecule has 0 saturated heterocycles. The fourth-order valence-corrected chi connectivity index (χ4v) is 1.69. The van der Waals surface area contributed by atoms with Crippen LogP contribution in [0.5, 0.6) is 0 Å². The van der Waals surface area contributed by atoms with Crippen LogP contribution in [0.2, 0.25) is 0 Å². The van der Waals surface area contributed by atoms with E-state index in [1.807, 2.05) is 12.1 Å². The van der Waals surface area contributed by atoms with Crippen molar-refractivity contribution < 1.29 is 14.6 Å². The third-order valence-corrected chi connectivity index (χ3v) is 2.57. The average Bonchev–Trinajstić information content (AvgIpc) is 2.38. The number of carbonyl (C=O) groups excluding carboxylic acids is 1. The molecule has 17 heavy (non-hydrogen) atoms. The molecule has 4 nitrogen and oxygen atoms in total. The molecule has 0 radical (unpaired) electrons. The SMILES string of the molecule is COC(=O)c1ccc(C2=CC(O)C=NC2)cc1. The molecule has 1 aromatic rings. The average molecular weight is 231 g/mol. The number of rotatable bonds is 2. The van der Waals surface area contributed by atoms with Gasteiger partial charge < -0.3 is 9.84 Å². The van der Waals surface area contributed by atoms with Crippen molar-refractivity contribution in [3.63, 3.8) is 0 Å². The Morgan fingerprint density at radius 2 is 2.12 bits per heavy atom. The second kappa shape index (κ2) is 4.93. The van der Waals surface area contributed by atoms with E-state index in [0.29, 0.717) is 12.1 Å². The summed E-state index contributed by atoms with van der Waals surface area (Å²) in [5, 5.41) is 9.42. The standard InChI is InChI=1S/C13H13NO3/c1-17-13(16)10-4-2-9(3-5-10)11-6-12(15)8-14-7-11/h2-6,8,12,15H,7H2,1H3. The number of dihydropyridines is 1. The Morgan fingerprint density at radius 1 is 1.41 bits per heavy atom. The number of hydrogen-bond donors (Lipinski definition) is 1. The lowest BCUT2D eigenvalue weighted by Gasteiger charge is -2.12. The molecule has 0 amide bonds. The van der Waals surface area contributed by atoms with Crippen molar-refractivity contribution >= 4 is 17.8 Å². The Labute approximate surface area is 99.3 Å². The zero-order valence-electron chi connectivity index (χ0n) is 9.46. The number of aliphatic hydroxyl groups excluding tert-OH is 1. The van der Waals surface area contributed by atoms with Crippen LogP contribution in [0.3, 0.4) is 0 Å². The highest BCUT2D eigenvalue weighted by molar-refractivity contribution is 5.90. The first-order valence-corrected chi connectivity index (χ1v) is 5.28. The van der Waals surface area contributed by atoms with Crippen LogP contribution in [0.15, 0.2) is 35.3 Å². The Bertz CT molecular complexity index is 474. The number of ether oxygens (including phenoxy) is 1. The number of aliphatic hydroxyl groups is 1. The summed E-state index contributed by atoms with van der Waals surface area (Å²) in [6.07, 6.45) is 2.63. The first kappa shape index (κ1) is 11.5. The van der Waals surface area contributed by atoms with E-state index >= 15 is 0 Å². The summed E-state index contributed by atoms with van der Waals surface area (Å²) in [6.45, 7) is 0.550. The van der Waals surface area contributed by atoms with Gasteiger partial charge in [0.25, 0.3) is 0 Å². The number of hydrogen-bond acceptors (Lipinski definition) is 4. The number of methoxy groups -OCH3 is 1. The Hall–Kier alpha value is -1.94. The second-order valence-electron chi connectivity index (χ2n) is 3.74. The molecule has 1 aliphatic heterocycles. The van der Waals surface area contributed by atoms with Gasteiger partial charge in [0.1, 0.15) is 6.10 Å². The molecule has 0 aliphatic carbocycles. The molecule has 1 aliphatic rings. The van der Waals surface area contributed by atoms with E-state index in [1.165, 1.54) is 13.3 Å². The normalized spacial score (nSPS) is 18.7. The van der Waals surface area contributed by atoms with Crippen LogP contribution in [-0.2, 0) is 4.74 Å². The first-order valence-electron chi connectivity index (χ1n) is 5.28. The van der Waals surface area contributed by atoms with Gasteiger partial charge in [-0.15, -0.1) is 0 Å². The van der Waals surface area contributed by atoms with Crippen LogP contribution in [0, 0.1) is 0 Å². The van der Waals surface area contributed by atoms with Crippen LogP contribution in [0.25, 0.3) is 5.57 Å². The van der Waals surface area contributed by atoms with Crippen molar-refractivity contribution in [2.75, 3.05) is 13.7 Å². The van der Waals surface area contributed by atoms with Crippen LogP contribution in [0.1, 0.15) is 15.9 Å². The molecular weight excluding hydrogens is 218 g/mol. The lowest BCUT2D eigenvalue weighted by Crippen LogP contribution is -2.11. The van der Waals surface area contributed by atoms with Gasteiger partial charge in [-0.3, -0.25) is 4.99 Å². The Kier molecular flexibility index (Phi) is 3.35. The van der Waals surface area contributed by atoms with Gasteiger partial charge in [-0.1, -0.05) is 12.1 Å². The molecule has 4 heteroatoms. The van der Waals surface area contributed by atoms with E-state index in [-0.39, 0.29) is 5.97 Å².